The van der Waals surface area contributed by atoms with Crippen molar-refractivity contribution < 1.29 is 0 Å². The van der Waals surface area contributed by atoms with Gasteiger partial charge in [0.2, 0.25) is 0 Å². The fourth-order valence-electron chi connectivity index (χ4n) is 2.77. The molecule has 0 amide bonds. The minimum Gasteiger partial charge on any atom is -0.0654 e. The third-order valence-electron chi connectivity index (χ3n) is 3.69. The molecule has 0 saturated heterocycles. The summed E-state index contributed by atoms with van der Waals surface area (Å²) in [5, 5.41) is 0. The highest BCUT2D eigenvalue weighted by Crippen LogP contribution is 2.56. The van der Waals surface area contributed by atoms with Gasteiger partial charge in [-0.25, -0.2) is 0 Å². The van der Waals surface area contributed by atoms with Crippen molar-refractivity contribution in [2.75, 3.05) is 0 Å². The Morgan fingerprint density at radius 1 is 1.33 bits per heavy atom. The Morgan fingerprint density at radius 3 is 2.67 bits per heavy atom. The molecule has 12 heavy (non-hydrogen) atoms. The summed E-state index contributed by atoms with van der Waals surface area (Å²) in [5.74, 6) is 4.52. The topological polar surface area (TPSA) is 0 Å². The van der Waals surface area contributed by atoms with E-state index in [1.54, 1.807) is 19.3 Å². The summed E-state index contributed by atoms with van der Waals surface area (Å²) in [6.07, 6.45) is 9.07. The van der Waals surface area contributed by atoms with Crippen LogP contribution in [-0.4, -0.2) is 0 Å². The zero-order chi connectivity index (χ0) is 8.55. The first kappa shape index (κ1) is 8.59. The van der Waals surface area contributed by atoms with Crippen LogP contribution < -0.4 is 0 Å². The Morgan fingerprint density at radius 2 is 2.08 bits per heavy atom. The van der Waals surface area contributed by atoms with E-state index in [2.05, 4.69) is 13.8 Å². The Labute approximate surface area is 76.7 Å². The van der Waals surface area contributed by atoms with E-state index in [1.807, 2.05) is 0 Å². The quantitative estimate of drug-likeness (QED) is 0.582. The van der Waals surface area contributed by atoms with Gasteiger partial charge in [-0.15, -0.1) is 0 Å². The molecule has 2 aliphatic carbocycles. The summed E-state index contributed by atoms with van der Waals surface area (Å²) in [6, 6.07) is 0. The third-order valence-corrected chi connectivity index (χ3v) is 3.69. The maximum absolute atomic E-state index is 2.44. The van der Waals surface area contributed by atoms with E-state index in [4.69, 9.17) is 0 Å². The molecule has 2 aliphatic rings. The van der Waals surface area contributed by atoms with E-state index in [0.29, 0.717) is 0 Å². The molecule has 3 atom stereocenters. The number of hydrogen-bond donors (Lipinski definition) is 0. The van der Waals surface area contributed by atoms with Crippen LogP contribution in [0.1, 0.15) is 52.4 Å². The van der Waals surface area contributed by atoms with Crippen molar-refractivity contribution in [1.29, 1.82) is 0 Å². The molecule has 70 valence electrons. The Bertz CT molecular complexity index is 146. The molecular formula is C12H22. The van der Waals surface area contributed by atoms with Crippen LogP contribution in [-0.2, 0) is 0 Å². The van der Waals surface area contributed by atoms with Gasteiger partial charge in [-0.3, -0.25) is 0 Å². The molecular weight excluding hydrogens is 144 g/mol. The van der Waals surface area contributed by atoms with Gasteiger partial charge in [0.05, 0.1) is 0 Å². The van der Waals surface area contributed by atoms with Crippen LogP contribution in [0, 0.1) is 23.7 Å². The van der Waals surface area contributed by atoms with Crippen molar-refractivity contribution in [1.82, 2.24) is 0 Å². The number of hydrogen-bond acceptors (Lipinski definition) is 0. The molecule has 2 rings (SSSR count). The average molecular weight is 166 g/mol. The first-order valence-corrected chi connectivity index (χ1v) is 5.81. The fourth-order valence-corrected chi connectivity index (χ4v) is 2.77. The molecule has 3 unspecified atom stereocenters. The van der Waals surface area contributed by atoms with Crippen LogP contribution >= 0.6 is 0 Å². The zero-order valence-corrected chi connectivity index (χ0v) is 8.55. The first-order chi connectivity index (χ1) is 5.81. The molecule has 2 fully saturated rings. The lowest BCUT2D eigenvalue weighted by Gasteiger charge is -2.08. The molecule has 0 aliphatic heterocycles. The van der Waals surface area contributed by atoms with Crippen LogP contribution in [0.4, 0.5) is 0 Å². The van der Waals surface area contributed by atoms with Gasteiger partial charge in [0, 0.05) is 0 Å². The molecule has 0 nitrogen and oxygen atoms in total. The average Bonchev–Trinajstić information content (AvgIpc) is 2.78. The largest absolute Gasteiger partial charge is 0.0654 e. The van der Waals surface area contributed by atoms with Crippen molar-refractivity contribution in [3.8, 4) is 0 Å². The summed E-state index contributed by atoms with van der Waals surface area (Å²) in [4.78, 5) is 0. The van der Waals surface area contributed by atoms with Crippen LogP contribution in [0.2, 0.25) is 0 Å². The Kier molecular flexibility index (Phi) is 2.43. The second-order valence-electron chi connectivity index (χ2n) is 5.13. The van der Waals surface area contributed by atoms with E-state index in [9.17, 15) is 0 Å². The summed E-state index contributed by atoms with van der Waals surface area (Å²) >= 11 is 0. The van der Waals surface area contributed by atoms with Crippen LogP contribution in [0.5, 0.6) is 0 Å². The SMILES string of the molecule is CCCC(C)CC1CC1C1CC1. The maximum atomic E-state index is 2.44. The van der Waals surface area contributed by atoms with E-state index in [0.717, 1.165) is 11.8 Å². The van der Waals surface area contributed by atoms with Crippen LogP contribution in [0.25, 0.3) is 0 Å². The van der Waals surface area contributed by atoms with Crippen LogP contribution in [0.15, 0.2) is 0 Å². The van der Waals surface area contributed by atoms with E-state index in [1.165, 1.54) is 31.1 Å². The summed E-state index contributed by atoms with van der Waals surface area (Å²) in [7, 11) is 0. The predicted octanol–water partition coefficient (Wildman–Crippen LogP) is 3.86. The fraction of sp³-hybridized carbons (Fsp3) is 1.00. The van der Waals surface area contributed by atoms with E-state index < -0.39 is 0 Å². The maximum Gasteiger partial charge on any atom is -0.0354 e. The van der Waals surface area contributed by atoms with Gasteiger partial charge >= 0.3 is 0 Å². The minimum atomic E-state index is 1.00. The standard InChI is InChI=1S/C12H22/c1-3-4-9(2)7-11-8-12(11)10-5-6-10/h9-12H,3-8H2,1-2H3. The molecule has 0 heterocycles. The summed E-state index contributed by atoms with van der Waals surface area (Å²) < 4.78 is 0. The van der Waals surface area contributed by atoms with Gasteiger partial charge in [-0.2, -0.15) is 0 Å². The Balaban J connectivity index is 1.61. The predicted molar refractivity (Wildman–Crippen MR) is 53.0 cm³/mol. The van der Waals surface area contributed by atoms with E-state index in [-0.39, 0.29) is 0 Å². The van der Waals surface area contributed by atoms with Gasteiger partial charge in [0.1, 0.15) is 0 Å². The van der Waals surface area contributed by atoms with Crippen molar-refractivity contribution in [2.45, 2.75) is 52.4 Å². The van der Waals surface area contributed by atoms with Crippen molar-refractivity contribution in [3.05, 3.63) is 0 Å². The lowest BCUT2D eigenvalue weighted by Crippen LogP contribution is -1.96. The van der Waals surface area contributed by atoms with Gasteiger partial charge in [0.15, 0.2) is 0 Å². The molecule has 2 saturated carbocycles. The highest BCUT2D eigenvalue weighted by molar-refractivity contribution is 4.97. The monoisotopic (exact) mass is 166 g/mol. The normalized spacial score (nSPS) is 36.5. The molecule has 0 spiro atoms. The Hall–Kier alpha value is 0. The highest BCUT2D eigenvalue weighted by atomic mass is 14.5. The first-order valence-electron chi connectivity index (χ1n) is 5.81. The van der Waals surface area contributed by atoms with Gasteiger partial charge < -0.3 is 0 Å². The van der Waals surface area contributed by atoms with Gasteiger partial charge in [-0.05, 0) is 49.4 Å². The summed E-state index contributed by atoms with van der Waals surface area (Å²) in [6.45, 7) is 4.74. The molecule has 0 bridgehead atoms. The molecule has 0 aromatic heterocycles. The second kappa shape index (κ2) is 3.40. The smallest absolute Gasteiger partial charge is 0.0354 e. The lowest BCUT2D eigenvalue weighted by molar-refractivity contribution is 0.434. The third kappa shape index (κ3) is 2.02. The molecule has 0 heteroatoms. The molecule has 0 aromatic carbocycles. The molecule has 0 aromatic rings. The minimum absolute atomic E-state index is 1.00. The lowest BCUT2D eigenvalue weighted by atomic mass is 9.98. The summed E-state index contributed by atoms with van der Waals surface area (Å²) in [5.41, 5.74) is 0. The van der Waals surface area contributed by atoms with Gasteiger partial charge in [-0.1, -0.05) is 26.7 Å². The van der Waals surface area contributed by atoms with Crippen molar-refractivity contribution in [2.24, 2.45) is 23.7 Å². The number of rotatable bonds is 5. The highest BCUT2D eigenvalue weighted by Gasteiger charge is 2.47. The van der Waals surface area contributed by atoms with Crippen molar-refractivity contribution >= 4 is 0 Å². The van der Waals surface area contributed by atoms with Gasteiger partial charge in [0.25, 0.3) is 0 Å². The molecule has 0 N–H and O–H groups in total. The van der Waals surface area contributed by atoms with E-state index >= 15 is 0 Å². The zero-order valence-electron chi connectivity index (χ0n) is 8.55. The van der Waals surface area contributed by atoms with Crippen molar-refractivity contribution in [3.63, 3.8) is 0 Å². The molecule has 0 radical (unpaired) electrons. The second-order valence-corrected chi connectivity index (χ2v) is 5.13. The van der Waals surface area contributed by atoms with Crippen LogP contribution in [0.3, 0.4) is 0 Å².